The Morgan fingerprint density at radius 3 is 2.76 bits per heavy atom. The zero-order valence-electron chi connectivity index (χ0n) is 17.2. The van der Waals surface area contributed by atoms with Crippen LogP contribution in [0.2, 0.25) is 0 Å². The number of rotatable bonds is 6. The number of nitrogens with one attached hydrogen (secondary N) is 3. The van der Waals surface area contributed by atoms with Crippen molar-refractivity contribution in [1.29, 1.82) is 0 Å². The standard InChI is InChI=1S/C21H31N5O2.HI/c1-3-22-20(25-17-10-13-26(14-11-17)21(27)28-4-2)23-12-9-16-15-24-19-8-6-5-7-18(16)19;/h5-8,15,17,24H,3-4,9-14H2,1-2H3,(H2,22,23,25);1H. The second-order valence-corrected chi connectivity index (χ2v) is 6.97. The molecule has 1 fully saturated rings. The number of amides is 1. The molecule has 7 nitrogen and oxygen atoms in total. The number of carbonyl (C=O) groups excluding carboxylic acids is 1. The molecule has 1 aliphatic rings. The molecule has 0 aliphatic carbocycles. The van der Waals surface area contributed by atoms with E-state index in [4.69, 9.17) is 9.73 Å². The first-order chi connectivity index (χ1) is 13.7. The Hall–Kier alpha value is -1.97. The van der Waals surface area contributed by atoms with E-state index in [-0.39, 0.29) is 30.1 Å². The Balaban J connectivity index is 0.00000300. The van der Waals surface area contributed by atoms with Crippen molar-refractivity contribution in [3.63, 3.8) is 0 Å². The molecule has 1 aromatic heterocycles. The monoisotopic (exact) mass is 513 g/mol. The average molecular weight is 513 g/mol. The first-order valence-corrected chi connectivity index (χ1v) is 10.2. The summed E-state index contributed by atoms with van der Waals surface area (Å²) in [4.78, 5) is 21.7. The Kier molecular flexibility index (Phi) is 9.56. The van der Waals surface area contributed by atoms with Crippen LogP contribution in [-0.2, 0) is 11.2 Å². The van der Waals surface area contributed by atoms with E-state index in [1.807, 2.05) is 13.0 Å². The Morgan fingerprint density at radius 1 is 1.28 bits per heavy atom. The number of para-hydroxylation sites is 1. The van der Waals surface area contributed by atoms with Gasteiger partial charge in [0.25, 0.3) is 0 Å². The summed E-state index contributed by atoms with van der Waals surface area (Å²) in [7, 11) is 0. The minimum absolute atomic E-state index is 0. The summed E-state index contributed by atoms with van der Waals surface area (Å²) in [5.74, 6) is 0.844. The highest BCUT2D eigenvalue weighted by Crippen LogP contribution is 2.18. The first kappa shape index (κ1) is 23.3. The van der Waals surface area contributed by atoms with Gasteiger partial charge in [0, 0.05) is 49.3 Å². The lowest BCUT2D eigenvalue weighted by Crippen LogP contribution is -2.50. The molecule has 1 amide bonds. The van der Waals surface area contributed by atoms with Crippen molar-refractivity contribution in [2.45, 2.75) is 39.2 Å². The number of hydrogen-bond donors (Lipinski definition) is 3. The first-order valence-electron chi connectivity index (χ1n) is 10.2. The van der Waals surface area contributed by atoms with Crippen molar-refractivity contribution in [2.75, 3.05) is 32.8 Å². The van der Waals surface area contributed by atoms with Gasteiger partial charge in [-0.1, -0.05) is 18.2 Å². The maximum atomic E-state index is 11.8. The van der Waals surface area contributed by atoms with Gasteiger partial charge in [-0.15, -0.1) is 24.0 Å². The molecule has 2 aromatic rings. The van der Waals surface area contributed by atoms with Gasteiger partial charge in [0.05, 0.1) is 6.61 Å². The van der Waals surface area contributed by atoms with Gasteiger partial charge in [-0.05, 0) is 44.7 Å². The molecular weight excluding hydrogens is 481 g/mol. The summed E-state index contributed by atoms with van der Waals surface area (Å²) in [6, 6.07) is 8.66. The molecule has 0 saturated carbocycles. The number of aromatic nitrogens is 1. The van der Waals surface area contributed by atoms with E-state index in [9.17, 15) is 4.79 Å². The van der Waals surface area contributed by atoms with Gasteiger partial charge in [-0.2, -0.15) is 0 Å². The minimum atomic E-state index is -0.208. The summed E-state index contributed by atoms with van der Waals surface area (Å²) in [6.45, 7) is 7.29. The van der Waals surface area contributed by atoms with Crippen LogP contribution in [0.25, 0.3) is 10.9 Å². The van der Waals surface area contributed by atoms with Crippen molar-refractivity contribution in [3.05, 3.63) is 36.0 Å². The third kappa shape index (κ3) is 6.52. The number of aliphatic imine (C=N–C) groups is 1. The van der Waals surface area contributed by atoms with E-state index in [0.29, 0.717) is 25.7 Å². The van der Waals surface area contributed by atoms with Gasteiger partial charge in [0.2, 0.25) is 0 Å². The van der Waals surface area contributed by atoms with Crippen molar-refractivity contribution < 1.29 is 9.53 Å². The second-order valence-electron chi connectivity index (χ2n) is 6.97. The fourth-order valence-corrected chi connectivity index (χ4v) is 3.56. The summed E-state index contributed by atoms with van der Waals surface area (Å²) in [5.41, 5.74) is 2.46. The molecule has 0 bridgehead atoms. The van der Waals surface area contributed by atoms with Crippen LogP contribution in [0.3, 0.4) is 0 Å². The number of likely N-dealkylation sites (tertiary alicyclic amines) is 1. The largest absolute Gasteiger partial charge is 0.450 e. The molecule has 1 saturated heterocycles. The number of benzene rings is 1. The number of fused-ring (bicyclic) bond motifs is 1. The third-order valence-electron chi connectivity index (χ3n) is 5.03. The number of carbonyl (C=O) groups is 1. The normalized spacial score (nSPS) is 15.1. The van der Waals surface area contributed by atoms with E-state index in [1.165, 1.54) is 16.5 Å². The number of H-pyrrole nitrogens is 1. The Bertz CT molecular complexity index is 799. The highest BCUT2D eigenvalue weighted by atomic mass is 127. The smallest absolute Gasteiger partial charge is 0.409 e. The van der Waals surface area contributed by atoms with Gasteiger partial charge in [-0.25, -0.2) is 4.79 Å². The zero-order valence-corrected chi connectivity index (χ0v) is 19.6. The van der Waals surface area contributed by atoms with Gasteiger partial charge in [0.15, 0.2) is 5.96 Å². The number of aromatic amines is 1. The van der Waals surface area contributed by atoms with Crippen LogP contribution in [0, 0.1) is 0 Å². The highest BCUT2D eigenvalue weighted by Gasteiger charge is 2.24. The predicted molar refractivity (Wildman–Crippen MR) is 128 cm³/mol. The van der Waals surface area contributed by atoms with Crippen LogP contribution < -0.4 is 10.6 Å². The van der Waals surface area contributed by atoms with Crippen LogP contribution >= 0.6 is 24.0 Å². The lowest BCUT2D eigenvalue weighted by atomic mass is 10.1. The Labute approximate surface area is 189 Å². The van der Waals surface area contributed by atoms with E-state index >= 15 is 0 Å². The second kappa shape index (κ2) is 11.9. The lowest BCUT2D eigenvalue weighted by molar-refractivity contribution is 0.0963. The number of halogens is 1. The summed E-state index contributed by atoms with van der Waals surface area (Å²) < 4.78 is 5.08. The molecule has 0 unspecified atom stereocenters. The van der Waals surface area contributed by atoms with Gasteiger partial charge >= 0.3 is 6.09 Å². The van der Waals surface area contributed by atoms with Crippen LogP contribution in [-0.4, -0.2) is 60.8 Å². The predicted octanol–water partition coefficient (Wildman–Crippen LogP) is 3.50. The minimum Gasteiger partial charge on any atom is -0.450 e. The molecule has 29 heavy (non-hydrogen) atoms. The molecule has 0 radical (unpaired) electrons. The molecular formula is C21H32IN5O2. The highest BCUT2D eigenvalue weighted by molar-refractivity contribution is 14.0. The number of nitrogens with zero attached hydrogens (tertiary/aromatic N) is 2. The number of guanidine groups is 1. The van der Waals surface area contributed by atoms with E-state index in [1.54, 1.807) is 4.90 Å². The zero-order chi connectivity index (χ0) is 19.8. The van der Waals surface area contributed by atoms with E-state index in [2.05, 4.69) is 46.9 Å². The molecule has 0 spiro atoms. The maximum Gasteiger partial charge on any atom is 0.409 e. The molecule has 0 atom stereocenters. The molecule has 3 rings (SSSR count). The SMILES string of the molecule is CCNC(=NCCc1c[nH]c2ccccc12)NC1CCN(C(=O)OCC)CC1.I. The number of piperidine rings is 1. The summed E-state index contributed by atoms with van der Waals surface area (Å²) in [6.07, 6.45) is 4.55. The van der Waals surface area contributed by atoms with Crippen LogP contribution in [0.5, 0.6) is 0 Å². The van der Waals surface area contributed by atoms with Crippen LogP contribution in [0.15, 0.2) is 35.5 Å². The van der Waals surface area contributed by atoms with Gasteiger partial charge < -0.3 is 25.3 Å². The topological polar surface area (TPSA) is 81.8 Å². The molecule has 8 heteroatoms. The fraction of sp³-hybridized carbons (Fsp3) is 0.524. The van der Waals surface area contributed by atoms with E-state index < -0.39 is 0 Å². The van der Waals surface area contributed by atoms with Gasteiger partial charge in [0.1, 0.15) is 0 Å². The number of hydrogen-bond acceptors (Lipinski definition) is 3. The van der Waals surface area contributed by atoms with E-state index in [0.717, 1.165) is 38.3 Å². The molecule has 1 aliphatic heterocycles. The van der Waals surface area contributed by atoms with Crippen LogP contribution in [0.4, 0.5) is 4.79 Å². The summed E-state index contributed by atoms with van der Waals surface area (Å²) >= 11 is 0. The Morgan fingerprint density at radius 2 is 2.03 bits per heavy atom. The molecule has 160 valence electrons. The third-order valence-corrected chi connectivity index (χ3v) is 5.03. The molecule has 3 N–H and O–H groups in total. The summed E-state index contributed by atoms with van der Waals surface area (Å²) in [5, 5.41) is 8.11. The quantitative estimate of drug-likeness (QED) is 0.314. The number of ether oxygens (including phenoxy) is 1. The maximum absolute atomic E-state index is 11.8. The van der Waals surface area contributed by atoms with Crippen molar-refractivity contribution in [3.8, 4) is 0 Å². The van der Waals surface area contributed by atoms with Gasteiger partial charge in [-0.3, -0.25) is 4.99 Å². The van der Waals surface area contributed by atoms with Crippen molar-refractivity contribution in [1.82, 2.24) is 20.5 Å². The fourth-order valence-electron chi connectivity index (χ4n) is 3.56. The van der Waals surface area contributed by atoms with Crippen molar-refractivity contribution in [2.24, 2.45) is 4.99 Å². The van der Waals surface area contributed by atoms with Crippen LogP contribution in [0.1, 0.15) is 32.3 Å². The average Bonchev–Trinajstić information content (AvgIpc) is 3.12. The van der Waals surface area contributed by atoms with Crippen molar-refractivity contribution >= 4 is 46.9 Å². The molecule has 2 heterocycles. The molecule has 1 aromatic carbocycles. The lowest BCUT2D eigenvalue weighted by Gasteiger charge is -2.32.